The molecule has 0 aliphatic heterocycles. The molecule has 8 atom stereocenters. The van der Waals surface area contributed by atoms with E-state index in [9.17, 15) is 34.8 Å². The number of rotatable bonds is 13. The zero-order valence-corrected chi connectivity index (χ0v) is 36.2. The Labute approximate surface area is 366 Å². The fourth-order valence-electron chi connectivity index (χ4n) is 9.50. The molecule has 0 heterocycles. The number of carbonyl (C=O) groups is 3. The second kappa shape index (κ2) is 18.7. The molecule has 5 N–H and O–H groups in total. The molecule has 0 fully saturated rings. The Morgan fingerprint density at radius 1 is 0.806 bits per heavy atom. The van der Waals surface area contributed by atoms with Crippen LogP contribution in [0.2, 0.25) is 0 Å². The van der Waals surface area contributed by atoms with Crippen molar-refractivity contribution in [3.8, 4) is 0 Å². The standard InChI is InChI=1S/C50H55NO10S/c1-31-37(60-47(56)41(53)40(32-18-9-5-10-19-32)51-45(54)33-20-11-6-12-21-33)30-50(58)44(61-46(55)34-22-13-7-14-23-34)39-36(26-17-27-49(39,4)57)42(59-29-28-52)43(38(31)48(50,2)3)62-35-24-15-8-16-25-35/h5-16,18-25,37,40-44,52-53,57-58H,17,26-30H2,1-4H3,(H,51,54)/t37-,40-,41+,42+,43+,44-,49-,50+/m0/s1. The van der Waals surface area contributed by atoms with Gasteiger partial charge in [0.05, 0.1) is 41.8 Å². The lowest BCUT2D eigenvalue weighted by Crippen LogP contribution is -2.66. The third kappa shape index (κ3) is 8.90. The zero-order valence-electron chi connectivity index (χ0n) is 35.4. The van der Waals surface area contributed by atoms with E-state index in [2.05, 4.69) is 5.32 Å². The van der Waals surface area contributed by atoms with Crippen LogP contribution in [0, 0.1) is 5.41 Å². The highest BCUT2D eigenvalue weighted by Gasteiger charge is 2.64. The molecule has 3 aliphatic rings. The number of hydrogen-bond acceptors (Lipinski definition) is 11. The molecule has 4 aromatic rings. The molecule has 7 rings (SSSR count). The molecule has 0 aromatic heterocycles. The molecule has 2 bridgehead atoms. The van der Waals surface area contributed by atoms with Crippen LogP contribution in [0.25, 0.3) is 0 Å². The van der Waals surface area contributed by atoms with Gasteiger partial charge in [-0.25, -0.2) is 9.59 Å². The van der Waals surface area contributed by atoms with Gasteiger partial charge in [0.2, 0.25) is 0 Å². The molecule has 0 radical (unpaired) electrons. The predicted molar refractivity (Wildman–Crippen MR) is 235 cm³/mol. The average molecular weight is 862 g/mol. The van der Waals surface area contributed by atoms with E-state index in [-0.39, 0.29) is 25.2 Å². The number of fused-ring (bicyclic) bond motifs is 2. The maximum absolute atomic E-state index is 14.5. The van der Waals surface area contributed by atoms with Crippen molar-refractivity contribution in [1.82, 2.24) is 5.32 Å². The number of hydrogen-bond donors (Lipinski definition) is 5. The number of aliphatic hydroxyl groups is 4. The second-order valence-corrected chi connectivity index (χ2v) is 18.2. The average Bonchev–Trinajstić information content (AvgIpc) is 3.27. The van der Waals surface area contributed by atoms with Crippen LogP contribution in [0.3, 0.4) is 0 Å². The maximum Gasteiger partial charge on any atom is 0.338 e. The predicted octanol–water partition coefficient (Wildman–Crippen LogP) is 6.92. The van der Waals surface area contributed by atoms with Crippen LogP contribution in [0.4, 0.5) is 0 Å². The van der Waals surface area contributed by atoms with Crippen molar-refractivity contribution in [3.63, 3.8) is 0 Å². The Morgan fingerprint density at radius 2 is 1.39 bits per heavy atom. The van der Waals surface area contributed by atoms with Crippen LogP contribution in [0.15, 0.2) is 149 Å². The molecule has 62 heavy (non-hydrogen) atoms. The van der Waals surface area contributed by atoms with E-state index in [0.29, 0.717) is 52.7 Å². The van der Waals surface area contributed by atoms with Gasteiger partial charge in [-0.1, -0.05) is 98.8 Å². The molecule has 1 amide bonds. The molecule has 326 valence electrons. The van der Waals surface area contributed by atoms with Crippen molar-refractivity contribution in [2.45, 2.75) is 105 Å². The third-order valence-corrected chi connectivity index (χ3v) is 14.0. The Kier molecular flexibility index (Phi) is 13.6. The summed E-state index contributed by atoms with van der Waals surface area (Å²) in [5.41, 5.74) is -1.63. The molecule has 0 saturated carbocycles. The minimum absolute atomic E-state index is 0.0544. The third-order valence-electron chi connectivity index (χ3n) is 12.7. The van der Waals surface area contributed by atoms with E-state index >= 15 is 0 Å². The van der Waals surface area contributed by atoms with Crippen LogP contribution in [-0.4, -0.2) is 92.4 Å². The van der Waals surface area contributed by atoms with Crippen molar-refractivity contribution in [2.75, 3.05) is 13.2 Å². The van der Waals surface area contributed by atoms with E-state index in [1.54, 1.807) is 97.9 Å². The Hall–Kier alpha value is -5.08. The fourth-order valence-corrected chi connectivity index (χ4v) is 11.1. The Balaban J connectivity index is 1.39. The van der Waals surface area contributed by atoms with E-state index in [1.165, 1.54) is 11.8 Å². The van der Waals surface area contributed by atoms with Crippen molar-refractivity contribution in [3.05, 3.63) is 160 Å². The number of thioether (sulfide) groups is 1. The number of aliphatic hydroxyl groups excluding tert-OH is 2. The molecule has 0 saturated heterocycles. The first kappa shape index (κ1) is 45.0. The van der Waals surface area contributed by atoms with Gasteiger partial charge in [-0.15, -0.1) is 11.8 Å². The molecule has 3 aliphatic carbocycles. The number of carbonyl (C=O) groups excluding carboxylic acids is 3. The van der Waals surface area contributed by atoms with Crippen LogP contribution in [-0.2, 0) is 19.0 Å². The lowest BCUT2D eigenvalue weighted by molar-refractivity contribution is -0.181. The summed E-state index contributed by atoms with van der Waals surface area (Å²) in [5.74, 6) is -2.30. The minimum Gasteiger partial charge on any atom is -0.456 e. The normalized spacial score (nSPS) is 26.6. The largest absolute Gasteiger partial charge is 0.456 e. The van der Waals surface area contributed by atoms with E-state index in [0.717, 1.165) is 4.90 Å². The highest BCUT2D eigenvalue weighted by atomic mass is 32.2. The summed E-state index contributed by atoms with van der Waals surface area (Å²) in [5, 5.41) is 50.5. The maximum atomic E-state index is 14.5. The van der Waals surface area contributed by atoms with Gasteiger partial charge >= 0.3 is 11.9 Å². The summed E-state index contributed by atoms with van der Waals surface area (Å²) >= 11 is 1.48. The highest BCUT2D eigenvalue weighted by Crippen LogP contribution is 2.60. The van der Waals surface area contributed by atoms with E-state index in [1.807, 2.05) is 51.1 Å². The first-order chi connectivity index (χ1) is 29.7. The lowest BCUT2D eigenvalue weighted by atomic mass is 9.54. The molecule has 0 spiro atoms. The van der Waals surface area contributed by atoms with Crippen LogP contribution in [0.5, 0.6) is 0 Å². The van der Waals surface area contributed by atoms with E-state index in [4.69, 9.17) is 14.2 Å². The van der Waals surface area contributed by atoms with Gasteiger partial charge in [-0.2, -0.15) is 0 Å². The highest BCUT2D eigenvalue weighted by molar-refractivity contribution is 8.00. The van der Waals surface area contributed by atoms with Gasteiger partial charge in [-0.05, 0) is 91.8 Å². The summed E-state index contributed by atoms with van der Waals surface area (Å²) in [7, 11) is 0. The SMILES string of the molecule is CC1=C2[C@@H](Sc3ccccc3)[C@H](OCCO)C3=C([C@H](OC(=O)c4ccccc4)[C@](O)(C[C@@H]1OC(=O)[C@H](O)[C@@H](NC(=O)c1ccccc1)c1ccccc1)C2(C)C)[C@@](C)(O)CCC3. The number of ether oxygens (including phenoxy) is 3. The number of nitrogens with one attached hydrogen (secondary N) is 1. The monoisotopic (exact) mass is 861 g/mol. The fraction of sp³-hybridized carbons (Fsp3) is 0.380. The van der Waals surface area contributed by atoms with Gasteiger partial charge in [0, 0.05) is 27.9 Å². The van der Waals surface area contributed by atoms with Crippen molar-refractivity contribution < 1.29 is 49.0 Å². The topological polar surface area (TPSA) is 172 Å². The molecule has 4 aromatic carbocycles. The summed E-state index contributed by atoms with van der Waals surface area (Å²) in [6.45, 7) is 6.85. The van der Waals surface area contributed by atoms with Gasteiger partial charge in [0.15, 0.2) is 12.2 Å². The molecular weight excluding hydrogens is 807 g/mol. The number of benzene rings is 4. The molecule has 12 heteroatoms. The zero-order chi connectivity index (χ0) is 44.2. The summed E-state index contributed by atoms with van der Waals surface area (Å²) in [6, 6.07) is 33.9. The van der Waals surface area contributed by atoms with Gasteiger partial charge in [0.25, 0.3) is 5.91 Å². The minimum atomic E-state index is -2.04. The summed E-state index contributed by atoms with van der Waals surface area (Å²) < 4.78 is 19.5. The summed E-state index contributed by atoms with van der Waals surface area (Å²) in [6.07, 6.45) is -4.34. The smallest absolute Gasteiger partial charge is 0.338 e. The van der Waals surface area contributed by atoms with Gasteiger partial charge in [0.1, 0.15) is 11.7 Å². The van der Waals surface area contributed by atoms with E-state index < -0.39 is 70.2 Å². The van der Waals surface area contributed by atoms with Crippen LogP contribution >= 0.6 is 11.8 Å². The van der Waals surface area contributed by atoms with Crippen LogP contribution < -0.4 is 5.32 Å². The first-order valence-electron chi connectivity index (χ1n) is 21.1. The first-order valence-corrected chi connectivity index (χ1v) is 21.9. The van der Waals surface area contributed by atoms with Crippen molar-refractivity contribution >= 4 is 29.6 Å². The quantitative estimate of drug-likeness (QED) is 0.0699. The Morgan fingerprint density at radius 3 is 2.00 bits per heavy atom. The second-order valence-electron chi connectivity index (χ2n) is 17.0. The van der Waals surface area contributed by atoms with Gasteiger partial charge in [-0.3, -0.25) is 4.79 Å². The molecular formula is C50H55NO10S. The lowest BCUT2D eigenvalue weighted by Gasteiger charge is -2.59. The van der Waals surface area contributed by atoms with Gasteiger partial charge < -0.3 is 40.0 Å². The molecule has 11 nitrogen and oxygen atoms in total. The number of esters is 2. The summed E-state index contributed by atoms with van der Waals surface area (Å²) in [4.78, 5) is 43.0. The molecule has 0 unspecified atom stereocenters. The van der Waals surface area contributed by atoms with Crippen LogP contribution in [0.1, 0.15) is 85.7 Å². The van der Waals surface area contributed by atoms with Crippen molar-refractivity contribution in [2.24, 2.45) is 5.41 Å². The van der Waals surface area contributed by atoms with Crippen molar-refractivity contribution in [1.29, 1.82) is 0 Å². The Bertz CT molecular complexity index is 2280. The number of amides is 1.